The van der Waals surface area contributed by atoms with Gasteiger partial charge < -0.3 is 14.6 Å². The van der Waals surface area contributed by atoms with Crippen LogP contribution >= 0.6 is 0 Å². The van der Waals surface area contributed by atoms with Gasteiger partial charge in [0.15, 0.2) is 0 Å². The zero-order valence-electron chi connectivity index (χ0n) is 10.7. The van der Waals surface area contributed by atoms with Crippen molar-refractivity contribution in [1.82, 2.24) is 15.0 Å². The van der Waals surface area contributed by atoms with E-state index in [4.69, 9.17) is 14.6 Å². The van der Waals surface area contributed by atoms with Gasteiger partial charge in [-0.1, -0.05) is 12.1 Å². The van der Waals surface area contributed by atoms with Gasteiger partial charge >= 0.3 is 0 Å². The fourth-order valence-electron chi connectivity index (χ4n) is 1.41. The van der Waals surface area contributed by atoms with Crippen LogP contribution in [-0.4, -0.2) is 39.9 Å². The van der Waals surface area contributed by atoms with E-state index in [1.807, 2.05) is 20.8 Å². The van der Waals surface area contributed by atoms with Crippen molar-refractivity contribution >= 4 is 0 Å². The Kier molecular flexibility index (Phi) is 6.10. The largest absolute Gasteiger partial charge is 0.396 e. The molecule has 0 spiro atoms. The Morgan fingerprint density at radius 3 is 2.53 bits per heavy atom. The first kappa shape index (κ1) is 14.1. The second-order valence-electron chi connectivity index (χ2n) is 3.90. The Balaban J connectivity index is 2.63. The van der Waals surface area contributed by atoms with Gasteiger partial charge in [0.25, 0.3) is 0 Å². The van der Waals surface area contributed by atoms with Crippen molar-refractivity contribution in [2.24, 2.45) is 5.92 Å². The molecule has 0 fully saturated rings. The molecule has 1 atom stereocenters. The molecule has 1 N–H and O–H groups in total. The number of aromatic nitrogens is 3. The van der Waals surface area contributed by atoms with E-state index in [1.54, 1.807) is 10.9 Å². The van der Waals surface area contributed by atoms with E-state index in [-0.39, 0.29) is 12.5 Å². The van der Waals surface area contributed by atoms with Crippen LogP contribution in [0, 0.1) is 5.92 Å². The van der Waals surface area contributed by atoms with Gasteiger partial charge in [-0.2, -0.15) is 0 Å². The number of ether oxygens (including phenoxy) is 2. The molecule has 6 heteroatoms. The van der Waals surface area contributed by atoms with Crippen LogP contribution in [0.15, 0.2) is 6.20 Å². The van der Waals surface area contributed by atoms with Crippen molar-refractivity contribution < 1.29 is 14.6 Å². The minimum atomic E-state index is -0.455. The molecule has 1 rings (SSSR count). The van der Waals surface area contributed by atoms with Crippen LogP contribution in [0.25, 0.3) is 0 Å². The zero-order valence-corrected chi connectivity index (χ0v) is 10.7. The number of hydrogen-bond donors (Lipinski definition) is 1. The fraction of sp³-hybridized carbons (Fsp3) is 0.818. The summed E-state index contributed by atoms with van der Waals surface area (Å²) < 4.78 is 12.5. The van der Waals surface area contributed by atoms with E-state index in [2.05, 4.69) is 10.3 Å². The molecule has 0 radical (unpaired) electrons. The first-order chi connectivity index (χ1) is 8.21. The van der Waals surface area contributed by atoms with Gasteiger partial charge in [0.2, 0.25) is 6.29 Å². The Labute approximate surface area is 102 Å². The molecule has 1 aromatic heterocycles. The van der Waals surface area contributed by atoms with E-state index < -0.39 is 6.29 Å². The summed E-state index contributed by atoms with van der Waals surface area (Å²) in [6, 6.07) is 0. The Hall–Kier alpha value is -0.980. The minimum Gasteiger partial charge on any atom is -0.396 e. The summed E-state index contributed by atoms with van der Waals surface area (Å²) in [7, 11) is 0. The maximum atomic E-state index is 8.97. The first-order valence-corrected chi connectivity index (χ1v) is 5.95. The van der Waals surface area contributed by atoms with Crippen molar-refractivity contribution in [3.05, 3.63) is 11.9 Å². The quantitative estimate of drug-likeness (QED) is 0.689. The highest BCUT2D eigenvalue weighted by molar-refractivity contribution is 4.94. The van der Waals surface area contributed by atoms with Gasteiger partial charge in [-0.25, -0.2) is 0 Å². The van der Waals surface area contributed by atoms with E-state index in [0.717, 1.165) is 0 Å². The standard InChI is InChI=1S/C11H21N3O3/c1-4-16-11(17-5-2)10-7-14(13-12-10)6-9(3)8-15/h7,9,11,15H,4-6,8H2,1-3H3. The minimum absolute atomic E-state index is 0.134. The Morgan fingerprint density at radius 2 is 2.00 bits per heavy atom. The summed E-state index contributed by atoms with van der Waals surface area (Å²) in [6.07, 6.45) is 1.34. The molecule has 98 valence electrons. The summed E-state index contributed by atoms with van der Waals surface area (Å²) in [6.45, 7) is 7.65. The third-order valence-corrected chi connectivity index (χ3v) is 2.24. The van der Waals surface area contributed by atoms with Gasteiger partial charge in [-0.05, 0) is 19.8 Å². The third kappa shape index (κ3) is 4.41. The molecule has 0 aliphatic rings. The van der Waals surface area contributed by atoms with Crippen molar-refractivity contribution in [3.63, 3.8) is 0 Å². The molecule has 0 aliphatic carbocycles. The molecule has 17 heavy (non-hydrogen) atoms. The summed E-state index contributed by atoms with van der Waals surface area (Å²) >= 11 is 0. The average molecular weight is 243 g/mol. The topological polar surface area (TPSA) is 69.4 Å². The maximum Gasteiger partial charge on any atom is 0.204 e. The van der Waals surface area contributed by atoms with Gasteiger partial charge in [0.1, 0.15) is 5.69 Å². The second kappa shape index (κ2) is 7.37. The van der Waals surface area contributed by atoms with Crippen LogP contribution in [0.5, 0.6) is 0 Å². The molecule has 0 bridgehead atoms. The molecule has 1 aromatic rings. The first-order valence-electron chi connectivity index (χ1n) is 5.95. The lowest BCUT2D eigenvalue weighted by atomic mass is 10.2. The van der Waals surface area contributed by atoms with Gasteiger partial charge in [-0.15, -0.1) is 5.10 Å². The molecule has 0 aromatic carbocycles. The van der Waals surface area contributed by atoms with Gasteiger partial charge in [-0.3, -0.25) is 4.68 Å². The van der Waals surface area contributed by atoms with Crippen LogP contribution < -0.4 is 0 Å². The van der Waals surface area contributed by atoms with Crippen LogP contribution in [0.3, 0.4) is 0 Å². The zero-order chi connectivity index (χ0) is 12.7. The van der Waals surface area contributed by atoms with Crippen LogP contribution in [0.4, 0.5) is 0 Å². The normalized spacial score (nSPS) is 13.2. The highest BCUT2D eigenvalue weighted by Gasteiger charge is 2.16. The second-order valence-corrected chi connectivity index (χ2v) is 3.90. The molecular formula is C11H21N3O3. The van der Waals surface area contributed by atoms with E-state index >= 15 is 0 Å². The maximum absolute atomic E-state index is 8.97. The van der Waals surface area contributed by atoms with Crippen molar-refractivity contribution in [2.75, 3.05) is 19.8 Å². The molecule has 1 unspecified atom stereocenters. The lowest BCUT2D eigenvalue weighted by Gasteiger charge is -2.13. The van der Waals surface area contributed by atoms with Crippen LogP contribution in [0.2, 0.25) is 0 Å². The highest BCUT2D eigenvalue weighted by Crippen LogP contribution is 2.16. The van der Waals surface area contributed by atoms with Crippen LogP contribution in [0.1, 0.15) is 32.8 Å². The molecular weight excluding hydrogens is 222 g/mol. The molecule has 0 aliphatic heterocycles. The van der Waals surface area contributed by atoms with Crippen molar-refractivity contribution in [1.29, 1.82) is 0 Å². The third-order valence-electron chi connectivity index (χ3n) is 2.24. The Morgan fingerprint density at radius 1 is 1.35 bits per heavy atom. The number of nitrogens with zero attached hydrogens (tertiary/aromatic N) is 3. The molecule has 0 saturated heterocycles. The van der Waals surface area contributed by atoms with Gasteiger partial charge in [0.05, 0.1) is 6.20 Å². The average Bonchev–Trinajstić information content (AvgIpc) is 2.77. The molecule has 1 heterocycles. The van der Waals surface area contributed by atoms with Crippen molar-refractivity contribution in [2.45, 2.75) is 33.6 Å². The lowest BCUT2D eigenvalue weighted by molar-refractivity contribution is -0.142. The summed E-state index contributed by atoms with van der Waals surface area (Å²) in [4.78, 5) is 0. The fourth-order valence-corrected chi connectivity index (χ4v) is 1.41. The Bertz CT molecular complexity index is 311. The highest BCUT2D eigenvalue weighted by atomic mass is 16.7. The van der Waals surface area contributed by atoms with E-state index in [9.17, 15) is 0 Å². The number of rotatable bonds is 8. The summed E-state index contributed by atoms with van der Waals surface area (Å²) in [5.74, 6) is 0.155. The van der Waals surface area contributed by atoms with Crippen molar-refractivity contribution in [3.8, 4) is 0 Å². The molecule has 0 saturated carbocycles. The van der Waals surface area contributed by atoms with E-state index in [1.165, 1.54) is 0 Å². The molecule has 0 amide bonds. The summed E-state index contributed by atoms with van der Waals surface area (Å²) in [5.41, 5.74) is 0.666. The summed E-state index contributed by atoms with van der Waals surface area (Å²) in [5, 5.41) is 17.0. The van der Waals surface area contributed by atoms with Crippen LogP contribution in [-0.2, 0) is 16.0 Å². The number of aliphatic hydroxyl groups excluding tert-OH is 1. The SMILES string of the molecule is CCOC(OCC)c1cn(CC(C)CO)nn1. The monoisotopic (exact) mass is 243 g/mol. The predicted octanol–water partition coefficient (Wildman–Crippen LogP) is 0.978. The van der Waals surface area contributed by atoms with E-state index in [0.29, 0.717) is 25.5 Å². The lowest BCUT2D eigenvalue weighted by Crippen LogP contribution is -2.12. The van der Waals surface area contributed by atoms with Gasteiger partial charge in [0, 0.05) is 26.4 Å². The molecule has 6 nitrogen and oxygen atoms in total. The number of aliphatic hydroxyl groups is 1. The smallest absolute Gasteiger partial charge is 0.204 e. The number of hydrogen-bond acceptors (Lipinski definition) is 5. The predicted molar refractivity (Wildman–Crippen MR) is 62.3 cm³/mol.